The molecule has 90 valence electrons. The Morgan fingerprint density at radius 2 is 1.67 bits per heavy atom. The summed E-state index contributed by atoms with van der Waals surface area (Å²) in [5.41, 5.74) is -0.323. The molecular weight excluding hydrogens is 192 g/mol. The fraction of sp³-hybridized carbons (Fsp3) is 0.909. The Hall–Kier alpha value is -0.770. The lowest BCUT2D eigenvalue weighted by molar-refractivity contribution is 0.0230. The maximum Gasteiger partial charge on any atom is 0.424 e. The van der Waals surface area contributed by atoms with E-state index in [0.29, 0.717) is 6.54 Å². The molecule has 0 atom stereocenters. The Bertz CT molecular complexity index is 214. The summed E-state index contributed by atoms with van der Waals surface area (Å²) in [6.45, 7) is 12.3. The van der Waals surface area contributed by atoms with Crippen LogP contribution in [0.1, 0.15) is 48.0 Å². The average molecular weight is 216 g/mol. The second-order valence-corrected chi connectivity index (χ2v) is 5.98. The number of hydrogen-bond acceptors (Lipinski definition) is 3. The summed E-state index contributed by atoms with van der Waals surface area (Å²) < 4.78 is 5.13. The van der Waals surface area contributed by atoms with E-state index in [0.717, 1.165) is 11.4 Å². The van der Waals surface area contributed by atoms with E-state index in [4.69, 9.17) is 10.6 Å². The van der Waals surface area contributed by atoms with Crippen LogP contribution in [-0.4, -0.2) is 23.2 Å². The maximum absolute atomic E-state index is 11.5. The predicted molar refractivity (Wildman–Crippen MR) is 61.2 cm³/mol. The molecule has 4 heteroatoms. The summed E-state index contributed by atoms with van der Waals surface area (Å²) in [7, 11) is 0. The lowest BCUT2D eigenvalue weighted by Gasteiger charge is -2.26. The highest BCUT2D eigenvalue weighted by Gasteiger charge is 2.21. The van der Waals surface area contributed by atoms with Crippen LogP contribution in [0.4, 0.5) is 4.79 Å². The molecule has 0 aromatic rings. The van der Waals surface area contributed by atoms with E-state index in [1.54, 1.807) is 0 Å². The third-order valence-electron chi connectivity index (χ3n) is 1.73. The molecule has 0 radical (unpaired) electrons. The minimum absolute atomic E-state index is 0.166. The van der Waals surface area contributed by atoms with Crippen molar-refractivity contribution in [3.05, 3.63) is 0 Å². The van der Waals surface area contributed by atoms with Crippen molar-refractivity contribution in [1.29, 1.82) is 0 Å². The summed E-state index contributed by atoms with van der Waals surface area (Å²) >= 11 is 0. The summed E-state index contributed by atoms with van der Waals surface area (Å²) in [5.74, 6) is 5.59. The van der Waals surface area contributed by atoms with Crippen molar-refractivity contribution in [1.82, 2.24) is 5.01 Å². The number of carbonyl (C=O) groups excluding carboxylic acids is 1. The van der Waals surface area contributed by atoms with E-state index in [2.05, 4.69) is 20.8 Å². The SMILES string of the molecule is CC(C)(C)CCN(N)C(=O)OC(C)(C)C. The fourth-order valence-electron chi connectivity index (χ4n) is 0.868. The molecule has 0 aromatic heterocycles. The molecule has 0 aliphatic carbocycles. The van der Waals surface area contributed by atoms with Gasteiger partial charge in [-0.1, -0.05) is 20.8 Å². The molecule has 0 saturated carbocycles. The van der Waals surface area contributed by atoms with Gasteiger partial charge in [0.1, 0.15) is 5.60 Å². The summed E-state index contributed by atoms with van der Waals surface area (Å²) in [6.07, 6.45) is 0.384. The third kappa shape index (κ3) is 8.24. The van der Waals surface area contributed by atoms with Crippen LogP contribution in [0.15, 0.2) is 0 Å². The number of hydrogen-bond donors (Lipinski definition) is 1. The first-order chi connectivity index (χ1) is 6.51. The fourth-order valence-corrected chi connectivity index (χ4v) is 0.868. The molecule has 0 spiro atoms. The maximum atomic E-state index is 11.5. The molecule has 4 nitrogen and oxygen atoms in total. The zero-order chi connectivity index (χ0) is 12.3. The van der Waals surface area contributed by atoms with Crippen LogP contribution in [0, 0.1) is 5.41 Å². The number of rotatable bonds is 2. The first-order valence-electron chi connectivity index (χ1n) is 5.26. The van der Waals surface area contributed by atoms with Crippen LogP contribution in [0.25, 0.3) is 0 Å². The molecule has 0 heterocycles. The predicted octanol–water partition coefficient (Wildman–Crippen LogP) is 2.53. The molecule has 0 fully saturated rings. The first-order valence-corrected chi connectivity index (χ1v) is 5.26. The molecular formula is C11H24N2O2. The van der Waals surface area contributed by atoms with Crippen molar-refractivity contribution < 1.29 is 9.53 Å². The number of amides is 1. The Balaban J connectivity index is 4.01. The molecule has 0 saturated heterocycles. The van der Waals surface area contributed by atoms with E-state index in [1.165, 1.54) is 0 Å². The van der Waals surface area contributed by atoms with Crippen LogP contribution >= 0.6 is 0 Å². The van der Waals surface area contributed by atoms with Gasteiger partial charge in [-0.2, -0.15) is 0 Å². The normalized spacial score (nSPS) is 12.5. The Kier molecular flexibility index (Phi) is 4.59. The van der Waals surface area contributed by atoms with Gasteiger partial charge in [-0.15, -0.1) is 0 Å². The van der Waals surface area contributed by atoms with Gasteiger partial charge in [0.05, 0.1) is 0 Å². The number of nitrogens with two attached hydrogens (primary N) is 1. The molecule has 0 aliphatic heterocycles. The molecule has 0 aromatic carbocycles. The molecule has 2 N–H and O–H groups in total. The zero-order valence-electron chi connectivity index (χ0n) is 10.8. The van der Waals surface area contributed by atoms with Crippen LogP contribution < -0.4 is 5.84 Å². The standard InChI is InChI=1S/C11H24N2O2/c1-10(2,3)7-8-13(12)9(14)15-11(4,5)6/h7-8,12H2,1-6H3. The van der Waals surface area contributed by atoms with Gasteiger partial charge in [0.15, 0.2) is 0 Å². The van der Waals surface area contributed by atoms with Gasteiger partial charge in [-0.05, 0) is 32.6 Å². The second-order valence-electron chi connectivity index (χ2n) is 5.98. The van der Waals surface area contributed by atoms with Gasteiger partial charge in [-0.3, -0.25) is 0 Å². The van der Waals surface area contributed by atoms with E-state index in [1.807, 2.05) is 20.8 Å². The van der Waals surface area contributed by atoms with Gasteiger partial charge >= 0.3 is 6.09 Å². The van der Waals surface area contributed by atoms with E-state index < -0.39 is 11.7 Å². The van der Waals surface area contributed by atoms with Crippen LogP contribution in [0.3, 0.4) is 0 Å². The highest BCUT2D eigenvalue weighted by Crippen LogP contribution is 2.18. The van der Waals surface area contributed by atoms with Crippen molar-refractivity contribution in [2.75, 3.05) is 6.54 Å². The monoisotopic (exact) mass is 216 g/mol. The Labute approximate surface area is 92.7 Å². The lowest BCUT2D eigenvalue weighted by atomic mass is 9.92. The van der Waals surface area contributed by atoms with Crippen LogP contribution in [0.5, 0.6) is 0 Å². The first kappa shape index (κ1) is 14.2. The van der Waals surface area contributed by atoms with Crippen LogP contribution in [0.2, 0.25) is 0 Å². The van der Waals surface area contributed by atoms with Gasteiger partial charge < -0.3 is 4.74 Å². The van der Waals surface area contributed by atoms with Crippen molar-refractivity contribution in [2.45, 2.75) is 53.6 Å². The van der Waals surface area contributed by atoms with Crippen LogP contribution in [-0.2, 0) is 4.74 Å². The molecule has 0 aliphatic rings. The molecule has 1 amide bonds. The minimum Gasteiger partial charge on any atom is -0.443 e. The summed E-state index contributed by atoms with van der Waals surface area (Å²) in [6, 6.07) is 0. The molecule has 0 bridgehead atoms. The van der Waals surface area contributed by atoms with Crippen molar-refractivity contribution in [3.63, 3.8) is 0 Å². The van der Waals surface area contributed by atoms with Crippen molar-refractivity contribution in [2.24, 2.45) is 11.3 Å². The Morgan fingerprint density at radius 1 is 1.20 bits per heavy atom. The zero-order valence-corrected chi connectivity index (χ0v) is 10.8. The molecule has 0 unspecified atom stereocenters. The number of nitrogens with zero attached hydrogens (tertiary/aromatic N) is 1. The lowest BCUT2D eigenvalue weighted by Crippen LogP contribution is -2.42. The van der Waals surface area contributed by atoms with Gasteiger partial charge in [0.2, 0.25) is 0 Å². The van der Waals surface area contributed by atoms with E-state index in [-0.39, 0.29) is 5.41 Å². The van der Waals surface area contributed by atoms with E-state index >= 15 is 0 Å². The van der Waals surface area contributed by atoms with E-state index in [9.17, 15) is 4.79 Å². The van der Waals surface area contributed by atoms with Gasteiger partial charge in [0, 0.05) is 6.54 Å². The van der Waals surface area contributed by atoms with Gasteiger partial charge in [0.25, 0.3) is 0 Å². The minimum atomic E-state index is -0.490. The molecule has 0 rings (SSSR count). The number of hydrazine groups is 1. The molecule has 15 heavy (non-hydrogen) atoms. The number of carbonyl (C=O) groups is 1. The average Bonchev–Trinajstić information content (AvgIpc) is 1.95. The third-order valence-corrected chi connectivity index (χ3v) is 1.73. The summed E-state index contributed by atoms with van der Waals surface area (Å²) in [4.78, 5) is 11.5. The summed E-state index contributed by atoms with van der Waals surface area (Å²) in [5, 5.41) is 1.14. The smallest absolute Gasteiger partial charge is 0.424 e. The Morgan fingerprint density at radius 3 is 2.00 bits per heavy atom. The van der Waals surface area contributed by atoms with Gasteiger partial charge in [-0.25, -0.2) is 15.6 Å². The largest absolute Gasteiger partial charge is 0.443 e. The number of ether oxygens (including phenoxy) is 1. The van der Waals surface area contributed by atoms with Crippen molar-refractivity contribution in [3.8, 4) is 0 Å². The quantitative estimate of drug-likeness (QED) is 0.438. The second kappa shape index (κ2) is 4.84. The highest BCUT2D eigenvalue weighted by atomic mass is 16.6. The topological polar surface area (TPSA) is 55.6 Å². The highest BCUT2D eigenvalue weighted by molar-refractivity contribution is 5.67. The van der Waals surface area contributed by atoms with Crippen molar-refractivity contribution >= 4 is 6.09 Å².